The average molecular weight is 352 g/mol. The maximum atomic E-state index is 13.1. The van der Waals surface area contributed by atoms with Gasteiger partial charge in [0.15, 0.2) is 0 Å². The lowest BCUT2D eigenvalue weighted by Crippen LogP contribution is -2.17. The minimum atomic E-state index is -4.68. The van der Waals surface area contributed by atoms with E-state index in [4.69, 9.17) is 0 Å². The summed E-state index contributed by atoms with van der Waals surface area (Å²) in [6.45, 7) is 1.47. The Labute approximate surface area is 132 Å². The first kappa shape index (κ1) is 17.4. The van der Waals surface area contributed by atoms with E-state index in [1.165, 1.54) is 0 Å². The molecule has 0 saturated carbocycles. The number of nitrogens with one attached hydrogen (secondary N) is 1. The largest absolute Gasteiger partial charge is 0.416 e. The van der Waals surface area contributed by atoms with Crippen LogP contribution in [0.3, 0.4) is 0 Å². The molecule has 1 aliphatic heterocycles. The Bertz CT molecular complexity index is 649. The van der Waals surface area contributed by atoms with Gasteiger partial charge in [0, 0.05) is 17.0 Å². The number of benzene rings is 1. The van der Waals surface area contributed by atoms with Crippen LogP contribution in [0.4, 0.5) is 17.6 Å². The standard InChI is InChI=1S/C13H12F4N2O3S/c1-7-11(4-5-22-19(20)21)23-12(18-7)9-3-2-8(14)6-10(9)13(15,16)17/h2-3,6,12,18H,4-5H2,1H3. The molecule has 1 aliphatic rings. The molecule has 1 aromatic rings. The van der Waals surface area contributed by atoms with E-state index in [2.05, 4.69) is 10.2 Å². The lowest BCUT2D eigenvalue weighted by molar-refractivity contribution is -0.757. The minimum Gasteiger partial charge on any atom is -0.372 e. The van der Waals surface area contributed by atoms with Crippen molar-refractivity contribution in [1.29, 1.82) is 0 Å². The third-order valence-corrected chi connectivity index (χ3v) is 4.56. The van der Waals surface area contributed by atoms with Crippen LogP contribution >= 0.6 is 11.8 Å². The van der Waals surface area contributed by atoms with Gasteiger partial charge in [-0.1, -0.05) is 17.8 Å². The van der Waals surface area contributed by atoms with E-state index in [0.29, 0.717) is 16.7 Å². The second-order valence-electron chi connectivity index (χ2n) is 4.73. The number of allylic oxidation sites excluding steroid dienone is 1. The minimum absolute atomic E-state index is 0.0894. The van der Waals surface area contributed by atoms with Crippen molar-refractivity contribution in [2.24, 2.45) is 0 Å². The highest BCUT2D eigenvalue weighted by atomic mass is 32.2. The SMILES string of the molecule is CC1=C(CCO[N+](=O)[O-])SC(c2ccc(F)cc2C(F)(F)F)N1. The Balaban J connectivity index is 2.15. The van der Waals surface area contributed by atoms with Crippen LogP contribution in [0.1, 0.15) is 29.8 Å². The van der Waals surface area contributed by atoms with Crippen molar-refractivity contribution < 1.29 is 27.5 Å². The molecule has 1 atom stereocenters. The summed E-state index contributed by atoms with van der Waals surface area (Å²) in [7, 11) is 0. The molecule has 0 fully saturated rings. The van der Waals surface area contributed by atoms with Crippen LogP contribution in [0.5, 0.6) is 0 Å². The molecule has 2 rings (SSSR count). The normalized spacial score (nSPS) is 18.0. The third kappa shape index (κ3) is 4.27. The molecule has 0 amide bonds. The van der Waals surface area contributed by atoms with Crippen LogP contribution in [0.25, 0.3) is 0 Å². The number of thioether (sulfide) groups is 1. The number of halogens is 4. The van der Waals surface area contributed by atoms with Crippen LogP contribution < -0.4 is 5.32 Å². The van der Waals surface area contributed by atoms with Gasteiger partial charge in [0.05, 0.1) is 5.56 Å². The zero-order chi connectivity index (χ0) is 17.2. The van der Waals surface area contributed by atoms with Gasteiger partial charge < -0.3 is 10.2 Å². The number of rotatable bonds is 5. The topological polar surface area (TPSA) is 64.4 Å². The van der Waals surface area contributed by atoms with E-state index in [1.54, 1.807) is 6.92 Å². The zero-order valence-corrected chi connectivity index (χ0v) is 12.6. The van der Waals surface area contributed by atoms with Crippen LogP contribution in [-0.4, -0.2) is 11.7 Å². The molecule has 0 bridgehead atoms. The molecule has 1 aromatic carbocycles. The van der Waals surface area contributed by atoms with Crippen LogP contribution in [0.15, 0.2) is 28.8 Å². The van der Waals surface area contributed by atoms with Gasteiger partial charge in [0.1, 0.15) is 17.8 Å². The number of hydrogen-bond acceptors (Lipinski definition) is 5. The molecule has 0 saturated heterocycles. The van der Waals surface area contributed by atoms with Gasteiger partial charge in [-0.15, -0.1) is 10.1 Å². The van der Waals surface area contributed by atoms with Crippen molar-refractivity contribution in [2.45, 2.75) is 24.9 Å². The van der Waals surface area contributed by atoms with Crippen molar-refractivity contribution in [1.82, 2.24) is 5.32 Å². The fraction of sp³-hybridized carbons (Fsp3) is 0.385. The molecule has 0 radical (unpaired) electrons. The van der Waals surface area contributed by atoms with Gasteiger partial charge in [0.25, 0.3) is 5.09 Å². The molecule has 5 nitrogen and oxygen atoms in total. The fourth-order valence-corrected chi connectivity index (χ4v) is 3.43. The highest BCUT2D eigenvalue weighted by Gasteiger charge is 2.37. The van der Waals surface area contributed by atoms with Crippen LogP contribution in [-0.2, 0) is 11.0 Å². The molecule has 1 N–H and O–H groups in total. The maximum Gasteiger partial charge on any atom is 0.416 e. The molecule has 0 aliphatic carbocycles. The first-order valence-electron chi connectivity index (χ1n) is 6.45. The summed E-state index contributed by atoms with van der Waals surface area (Å²) in [5.74, 6) is -0.964. The predicted octanol–water partition coefficient (Wildman–Crippen LogP) is 4.01. The highest BCUT2D eigenvalue weighted by Crippen LogP contribution is 2.45. The molecule has 10 heteroatoms. The van der Waals surface area contributed by atoms with E-state index in [1.807, 2.05) is 0 Å². The Kier molecular flexibility index (Phi) is 5.03. The van der Waals surface area contributed by atoms with Crippen LogP contribution in [0.2, 0.25) is 0 Å². The Morgan fingerprint density at radius 2 is 2.13 bits per heavy atom. The fourth-order valence-electron chi connectivity index (χ4n) is 2.14. The molecule has 126 valence electrons. The van der Waals surface area contributed by atoms with Crippen molar-refractivity contribution in [3.05, 3.63) is 55.9 Å². The van der Waals surface area contributed by atoms with Gasteiger partial charge in [-0.05, 0) is 24.6 Å². The molecule has 23 heavy (non-hydrogen) atoms. The summed E-state index contributed by atoms with van der Waals surface area (Å²) in [5, 5.41) is 11.3. The smallest absolute Gasteiger partial charge is 0.372 e. The summed E-state index contributed by atoms with van der Waals surface area (Å²) >= 11 is 1.10. The Morgan fingerprint density at radius 1 is 1.43 bits per heavy atom. The zero-order valence-electron chi connectivity index (χ0n) is 11.8. The Morgan fingerprint density at radius 3 is 2.74 bits per heavy atom. The first-order valence-corrected chi connectivity index (χ1v) is 7.33. The van der Waals surface area contributed by atoms with E-state index in [9.17, 15) is 27.7 Å². The molecular formula is C13H12F4N2O3S. The number of alkyl halides is 3. The lowest BCUT2D eigenvalue weighted by Gasteiger charge is -2.18. The molecule has 0 aromatic heterocycles. The van der Waals surface area contributed by atoms with Gasteiger partial charge in [-0.3, -0.25) is 0 Å². The van der Waals surface area contributed by atoms with Crippen LogP contribution in [0, 0.1) is 15.9 Å². The summed E-state index contributed by atoms with van der Waals surface area (Å²) in [6, 6.07) is 2.52. The van der Waals surface area contributed by atoms with Gasteiger partial charge in [0.2, 0.25) is 0 Å². The van der Waals surface area contributed by atoms with E-state index in [-0.39, 0.29) is 18.6 Å². The monoisotopic (exact) mass is 352 g/mol. The lowest BCUT2D eigenvalue weighted by atomic mass is 10.1. The van der Waals surface area contributed by atoms with Gasteiger partial charge in [-0.25, -0.2) is 4.39 Å². The second kappa shape index (κ2) is 6.65. The predicted molar refractivity (Wildman–Crippen MR) is 75.1 cm³/mol. The summed E-state index contributed by atoms with van der Waals surface area (Å²) < 4.78 is 52.3. The third-order valence-electron chi connectivity index (χ3n) is 3.15. The maximum absolute atomic E-state index is 13.1. The van der Waals surface area contributed by atoms with Crippen molar-refractivity contribution in [3.8, 4) is 0 Å². The van der Waals surface area contributed by atoms with E-state index in [0.717, 1.165) is 23.9 Å². The number of hydrogen-bond donors (Lipinski definition) is 1. The average Bonchev–Trinajstić information content (AvgIpc) is 2.79. The molecular weight excluding hydrogens is 340 g/mol. The number of nitrogens with zero attached hydrogens (tertiary/aromatic N) is 1. The van der Waals surface area contributed by atoms with Gasteiger partial charge in [-0.2, -0.15) is 13.2 Å². The summed E-state index contributed by atoms with van der Waals surface area (Å²) in [6.07, 6.45) is -4.48. The second-order valence-corrected chi connectivity index (χ2v) is 5.93. The molecule has 0 spiro atoms. The van der Waals surface area contributed by atoms with Gasteiger partial charge >= 0.3 is 6.18 Å². The quantitative estimate of drug-likeness (QED) is 0.493. The first-order chi connectivity index (χ1) is 10.7. The van der Waals surface area contributed by atoms with Crippen molar-refractivity contribution in [3.63, 3.8) is 0 Å². The Hall–Kier alpha value is -1.97. The highest BCUT2D eigenvalue weighted by molar-refractivity contribution is 8.03. The molecule has 1 heterocycles. The summed E-state index contributed by atoms with van der Waals surface area (Å²) in [4.78, 5) is 15.0. The summed E-state index contributed by atoms with van der Waals surface area (Å²) in [5.41, 5.74) is -0.518. The van der Waals surface area contributed by atoms with Crippen molar-refractivity contribution in [2.75, 3.05) is 6.61 Å². The van der Waals surface area contributed by atoms with E-state index >= 15 is 0 Å². The molecule has 1 unspecified atom stereocenters. The van der Waals surface area contributed by atoms with Crippen molar-refractivity contribution >= 4 is 11.8 Å². The van der Waals surface area contributed by atoms with E-state index < -0.39 is 28.0 Å².